The molecule has 1 aromatic heterocycles. The number of benzene rings is 8. The number of hydrogen-bond donors (Lipinski definition) is 0. The maximum Gasteiger partial charge on any atom is 0.160 e. The summed E-state index contributed by atoms with van der Waals surface area (Å²) in [5.41, 5.74) is 16.1. The number of rotatable bonds is 5. The highest BCUT2D eigenvalue weighted by atomic mass is 16.5. The van der Waals surface area contributed by atoms with E-state index in [1.807, 2.05) is 60.7 Å². The second-order valence-corrected chi connectivity index (χ2v) is 14.8. The molecule has 0 unspecified atom stereocenters. The quantitative estimate of drug-likeness (QED) is 0.176. The minimum absolute atomic E-state index is 0.607. The lowest BCUT2D eigenvalue weighted by Crippen LogP contribution is -2.32. The molecular weight excluding hydrogens is 707 g/mol. The molecule has 0 bridgehead atoms. The summed E-state index contributed by atoms with van der Waals surface area (Å²) in [6, 6.07) is 71.9. The highest BCUT2D eigenvalue weighted by Crippen LogP contribution is 2.62. The lowest BCUT2D eigenvalue weighted by molar-refractivity contribution is 0.436. The predicted molar refractivity (Wildman–Crippen MR) is 231 cm³/mol. The number of fused-ring (bicyclic) bond motifs is 9. The van der Waals surface area contributed by atoms with Crippen molar-refractivity contribution in [2.45, 2.75) is 5.41 Å². The van der Waals surface area contributed by atoms with Gasteiger partial charge < -0.3 is 4.74 Å². The topological polar surface area (TPSA) is 58.8 Å². The summed E-state index contributed by atoms with van der Waals surface area (Å²) in [5, 5.41) is 9.50. The van der Waals surface area contributed by atoms with Crippen molar-refractivity contribution in [3.8, 4) is 84.9 Å². The fourth-order valence-corrected chi connectivity index (χ4v) is 8.91. The molecule has 8 aromatic carbocycles. The second-order valence-electron chi connectivity index (χ2n) is 14.8. The van der Waals surface area contributed by atoms with Gasteiger partial charge >= 0.3 is 0 Å². The third-order valence-corrected chi connectivity index (χ3v) is 11.6. The first-order chi connectivity index (χ1) is 28.7. The zero-order valence-corrected chi connectivity index (χ0v) is 31.3. The van der Waals surface area contributed by atoms with Gasteiger partial charge in [-0.05, 0) is 87.0 Å². The molecule has 2 aliphatic rings. The summed E-state index contributed by atoms with van der Waals surface area (Å²) in [7, 11) is 0. The molecule has 0 N–H and O–H groups in total. The molecule has 1 aliphatic heterocycles. The van der Waals surface area contributed by atoms with Gasteiger partial charge in [0.2, 0.25) is 0 Å². The van der Waals surface area contributed by atoms with E-state index < -0.39 is 5.41 Å². The van der Waals surface area contributed by atoms with Crippen LogP contribution in [0.15, 0.2) is 200 Å². The summed E-state index contributed by atoms with van der Waals surface area (Å²) in [5.74, 6) is 2.38. The largest absolute Gasteiger partial charge is 0.457 e. The molecule has 1 aliphatic carbocycles. The first kappa shape index (κ1) is 33.5. The molecule has 0 atom stereocenters. The number of nitriles is 1. The number of nitrogens with zero attached hydrogens (tertiary/aromatic N) is 3. The van der Waals surface area contributed by atoms with Crippen LogP contribution in [0.4, 0.5) is 0 Å². The maximum atomic E-state index is 9.50. The smallest absolute Gasteiger partial charge is 0.160 e. The van der Waals surface area contributed by atoms with Gasteiger partial charge in [0.05, 0.1) is 28.4 Å². The molecule has 4 heteroatoms. The Morgan fingerprint density at radius 1 is 0.379 bits per heavy atom. The Hall–Kier alpha value is -7.87. The second kappa shape index (κ2) is 13.4. The van der Waals surface area contributed by atoms with Crippen LogP contribution in [0.1, 0.15) is 27.8 Å². The first-order valence-corrected chi connectivity index (χ1v) is 19.4. The average Bonchev–Trinajstić information content (AvgIpc) is 3.59. The third kappa shape index (κ3) is 5.29. The normalized spacial score (nSPS) is 12.7. The van der Waals surface area contributed by atoms with Gasteiger partial charge in [-0.2, -0.15) is 5.26 Å². The number of ether oxygens (including phenoxy) is 1. The van der Waals surface area contributed by atoms with E-state index in [2.05, 4.69) is 146 Å². The van der Waals surface area contributed by atoms with Gasteiger partial charge in [-0.1, -0.05) is 158 Å². The zero-order chi connectivity index (χ0) is 38.6. The Bertz CT molecular complexity index is 3030. The van der Waals surface area contributed by atoms with Crippen molar-refractivity contribution in [1.82, 2.24) is 9.97 Å². The minimum atomic E-state index is -0.607. The monoisotopic (exact) mass is 739 g/mol. The van der Waals surface area contributed by atoms with Crippen LogP contribution in [0.25, 0.3) is 67.3 Å². The zero-order valence-electron chi connectivity index (χ0n) is 31.3. The van der Waals surface area contributed by atoms with Crippen LogP contribution >= 0.6 is 0 Å². The average molecular weight is 740 g/mol. The van der Waals surface area contributed by atoms with E-state index in [1.54, 1.807) is 0 Å². The lowest BCUT2D eigenvalue weighted by atomic mass is 9.66. The van der Waals surface area contributed by atoms with E-state index in [0.29, 0.717) is 11.4 Å². The number of hydrogen-bond acceptors (Lipinski definition) is 4. The van der Waals surface area contributed by atoms with Crippen molar-refractivity contribution in [3.63, 3.8) is 0 Å². The van der Waals surface area contributed by atoms with Crippen molar-refractivity contribution in [1.29, 1.82) is 5.26 Å². The Morgan fingerprint density at radius 2 is 0.828 bits per heavy atom. The summed E-state index contributed by atoms with van der Waals surface area (Å²) in [6.07, 6.45) is 0. The van der Waals surface area contributed by atoms with Gasteiger partial charge in [0, 0.05) is 27.8 Å². The van der Waals surface area contributed by atoms with Crippen LogP contribution in [0.5, 0.6) is 11.5 Å². The summed E-state index contributed by atoms with van der Waals surface area (Å²) in [6.45, 7) is 0. The number of para-hydroxylation sites is 2. The highest BCUT2D eigenvalue weighted by molar-refractivity contribution is 5.92. The third-order valence-electron chi connectivity index (χ3n) is 11.6. The molecule has 270 valence electrons. The van der Waals surface area contributed by atoms with Gasteiger partial charge in [0.25, 0.3) is 0 Å². The SMILES string of the molecule is N#Cc1ccc(-c2ccc3c(c2)-c2cc(-c4cc(-c5ccc(-c6ccccc6)cc5)nc(-c5ccccc5)n4)ccc2C32c3ccccc3Oc3ccccc32)cc1. The van der Waals surface area contributed by atoms with Crippen LogP contribution in [0.2, 0.25) is 0 Å². The fraction of sp³-hybridized carbons (Fsp3) is 0.0185. The van der Waals surface area contributed by atoms with Gasteiger partial charge in [-0.25, -0.2) is 9.97 Å². The molecule has 0 saturated heterocycles. The maximum absolute atomic E-state index is 9.50. The van der Waals surface area contributed by atoms with Gasteiger partial charge in [0.1, 0.15) is 11.5 Å². The van der Waals surface area contributed by atoms with Crippen LogP contribution in [0.3, 0.4) is 0 Å². The Labute approximate surface area is 337 Å². The Kier molecular flexibility index (Phi) is 7.74. The molecule has 0 radical (unpaired) electrons. The molecule has 4 nitrogen and oxygen atoms in total. The van der Waals surface area contributed by atoms with Gasteiger partial charge in [-0.3, -0.25) is 0 Å². The van der Waals surface area contributed by atoms with Gasteiger partial charge in [-0.15, -0.1) is 0 Å². The molecule has 2 heterocycles. The highest BCUT2D eigenvalue weighted by Gasteiger charge is 2.51. The Morgan fingerprint density at radius 3 is 1.45 bits per heavy atom. The first-order valence-electron chi connectivity index (χ1n) is 19.4. The standard InChI is InChI=1S/C54H33N3O/c55-34-35-19-21-38(22-20-35)41-27-29-45-43(31-41)44-32-42(28-30-46(44)54(45)47-15-7-9-17-51(47)58-52-18-10-8-16-48(52)54)50-33-49(56-53(57-50)40-13-5-2-6-14-40)39-25-23-37(24-26-39)36-11-3-1-4-12-36/h1-33H. The molecule has 9 aromatic rings. The molecule has 0 amide bonds. The van der Waals surface area contributed by atoms with Crippen molar-refractivity contribution in [2.75, 3.05) is 0 Å². The van der Waals surface area contributed by atoms with E-state index in [0.717, 1.165) is 78.5 Å². The lowest BCUT2D eigenvalue weighted by Gasteiger charge is -2.39. The Balaban J connectivity index is 1.13. The van der Waals surface area contributed by atoms with Crippen LogP contribution in [-0.2, 0) is 5.41 Å². The van der Waals surface area contributed by atoms with Crippen LogP contribution in [0, 0.1) is 11.3 Å². The van der Waals surface area contributed by atoms with E-state index in [4.69, 9.17) is 14.7 Å². The molecule has 11 rings (SSSR count). The fourth-order valence-electron chi connectivity index (χ4n) is 8.91. The van der Waals surface area contributed by atoms with Crippen molar-refractivity contribution in [3.05, 3.63) is 228 Å². The molecule has 58 heavy (non-hydrogen) atoms. The minimum Gasteiger partial charge on any atom is -0.457 e. The summed E-state index contributed by atoms with van der Waals surface area (Å²) >= 11 is 0. The summed E-state index contributed by atoms with van der Waals surface area (Å²) in [4.78, 5) is 10.4. The predicted octanol–water partition coefficient (Wildman–Crippen LogP) is 13.2. The van der Waals surface area contributed by atoms with E-state index >= 15 is 0 Å². The number of aromatic nitrogens is 2. The van der Waals surface area contributed by atoms with Gasteiger partial charge in [0.15, 0.2) is 5.82 Å². The van der Waals surface area contributed by atoms with Crippen molar-refractivity contribution in [2.24, 2.45) is 0 Å². The molecule has 0 saturated carbocycles. The van der Waals surface area contributed by atoms with E-state index in [1.165, 1.54) is 16.7 Å². The van der Waals surface area contributed by atoms with Crippen LogP contribution < -0.4 is 4.74 Å². The van der Waals surface area contributed by atoms with E-state index in [9.17, 15) is 5.26 Å². The van der Waals surface area contributed by atoms with E-state index in [-0.39, 0.29) is 0 Å². The van der Waals surface area contributed by atoms with Crippen molar-refractivity contribution < 1.29 is 4.74 Å². The molecular formula is C54H33N3O. The summed E-state index contributed by atoms with van der Waals surface area (Å²) < 4.78 is 6.60. The molecule has 0 fully saturated rings. The van der Waals surface area contributed by atoms with Crippen LogP contribution in [-0.4, -0.2) is 9.97 Å². The molecule has 1 spiro atoms. The van der Waals surface area contributed by atoms with Crippen molar-refractivity contribution >= 4 is 0 Å².